The number of carbonyl (C=O) groups excluding carboxylic acids is 2. The quantitative estimate of drug-likeness (QED) is 0.103. The molecule has 2 heterocycles. The van der Waals surface area contributed by atoms with Crippen LogP contribution in [-0.4, -0.2) is 71.4 Å². The molecule has 0 radical (unpaired) electrons. The van der Waals surface area contributed by atoms with Crippen LogP contribution in [0.15, 0.2) is 97.1 Å². The van der Waals surface area contributed by atoms with Crippen LogP contribution in [0.25, 0.3) is 0 Å². The van der Waals surface area contributed by atoms with E-state index >= 15 is 0 Å². The second-order valence-electron chi connectivity index (χ2n) is 13.9. The number of benzene rings is 4. The molecule has 3 atom stereocenters. The summed E-state index contributed by atoms with van der Waals surface area (Å²) in [6.45, 7) is 6.37. The predicted octanol–water partition coefficient (Wildman–Crippen LogP) is 8.52. The molecule has 2 aliphatic rings. The Morgan fingerprint density at radius 3 is 1.87 bits per heavy atom. The van der Waals surface area contributed by atoms with E-state index < -0.39 is 47.0 Å². The Bertz CT molecular complexity index is 1840. The molecule has 280 valence electrons. The van der Waals surface area contributed by atoms with E-state index in [2.05, 4.69) is 9.80 Å². The van der Waals surface area contributed by atoms with Gasteiger partial charge < -0.3 is 9.64 Å². The van der Waals surface area contributed by atoms with Crippen LogP contribution >= 0.6 is 0 Å². The minimum Gasteiger partial charge on any atom is -0.425 e. The number of piperidine rings is 1. The maximum atomic E-state index is 13.9. The fraction of sp³-hybridized carbons (Fsp3) is 0.366. The van der Waals surface area contributed by atoms with Crippen LogP contribution in [0.5, 0.6) is 5.75 Å². The normalized spacial score (nSPS) is 19.5. The lowest BCUT2D eigenvalue weighted by Crippen LogP contribution is -2.57. The van der Waals surface area contributed by atoms with E-state index in [-0.39, 0.29) is 24.6 Å². The molecule has 0 N–H and O–H groups in total. The van der Waals surface area contributed by atoms with Crippen LogP contribution in [0.4, 0.5) is 26.3 Å². The van der Waals surface area contributed by atoms with Crippen molar-refractivity contribution in [2.45, 2.75) is 63.6 Å². The number of hydrogen-bond donors (Lipinski definition) is 0. The minimum absolute atomic E-state index is 0.000413. The van der Waals surface area contributed by atoms with Crippen LogP contribution in [-0.2, 0) is 23.6 Å². The van der Waals surface area contributed by atoms with Crippen molar-refractivity contribution in [3.05, 3.63) is 136 Å². The summed E-state index contributed by atoms with van der Waals surface area (Å²) in [5.41, 5.74) is -0.00250. The summed E-state index contributed by atoms with van der Waals surface area (Å²) in [6.07, 6.45) is -8.79. The molecule has 2 aliphatic heterocycles. The molecule has 12 heteroatoms. The number of amides is 1. The van der Waals surface area contributed by atoms with Gasteiger partial charge in [0.25, 0.3) is 5.91 Å². The van der Waals surface area contributed by atoms with Crippen molar-refractivity contribution < 1.29 is 40.7 Å². The summed E-state index contributed by atoms with van der Waals surface area (Å²) in [7, 11) is 0. The molecule has 1 amide bonds. The number of hydrogen-bond acceptors (Lipinski definition) is 5. The Hall–Kier alpha value is -4.68. The largest absolute Gasteiger partial charge is 0.425 e. The topological polar surface area (TPSA) is 53.1 Å². The molecule has 53 heavy (non-hydrogen) atoms. The monoisotopic (exact) mass is 737 g/mol. The minimum atomic E-state index is -5.06. The van der Waals surface area contributed by atoms with E-state index in [1.165, 1.54) is 4.90 Å². The van der Waals surface area contributed by atoms with Crippen molar-refractivity contribution in [2.24, 2.45) is 0 Å². The fourth-order valence-electron chi connectivity index (χ4n) is 7.61. The predicted molar refractivity (Wildman–Crippen MR) is 188 cm³/mol. The van der Waals surface area contributed by atoms with Gasteiger partial charge in [-0.05, 0) is 85.7 Å². The summed E-state index contributed by atoms with van der Waals surface area (Å²) in [4.78, 5) is 33.5. The summed E-state index contributed by atoms with van der Waals surface area (Å²) in [5.74, 6) is -0.760. The number of nitrogens with zero attached hydrogens (tertiary/aromatic N) is 3. The van der Waals surface area contributed by atoms with Gasteiger partial charge in [-0.25, -0.2) is 4.79 Å². The fourth-order valence-corrected chi connectivity index (χ4v) is 7.61. The molecule has 6 rings (SSSR count). The van der Waals surface area contributed by atoms with E-state index in [1.54, 1.807) is 0 Å². The average molecular weight is 738 g/mol. The lowest BCUT2D eigenvalue weighted by atomic mass is 9.90. The SMILES string of the molecule is Cc1cc(C)cc(OC(=O)C(c2ccccc2)N2CCN([C@@H]3CCN(C(=O)c4cc(C(F)(F)F)cc(C(F)(F)F)c4)[C@H](Cc4ccccc4)C3)CC2)c1. The van der Waals surface area contributed by atoms with E-state index in [1.807, 2.05) is 92.7 Å². The first-order valence-corrected chi connectivity index (χ1v) is 17.6. The molecule has 1 unspecified atom stereocenters. The number of carbonyl (C=O) groups is 2. The number of rotatable bonds is 8. The van der Waals surface area contributed by atoms with Crippen molar-refractivity contribution in [3.8, 4) is 5.75 Å². The van der Waals surface area contributed by atoms with Crippen molar-refractivity contribution in [3.63, 3.8) is 0 Å². The molecule has 0 saturated carbocycles. The smallest absolute Gasteiger partial charge is 0.416 e. The Labute approximate surface area is 305 Å². The van der Waals surface area contributed by atoms with Crippen molar-refractivity contribution in [1.29, 1.82) is 0 Å². The van der Waals surface area contributed by atoms with Crippen molar-refractivity contribution >= 4 is 11.9 Å². The third-order valence-corrected chi connectivity index (χ3v) is 10.1. The van der Waals surface area contributed by atoms with Gasteiger partial charge in [0.2, 0.25) is 0 Å². The number of esters is 1. The zero-order valence-electron chi connectivity index (χ0n) is 29.5. The highest BCUT2D eigenvalue weighted by Gasteiger charge is 2.41. The highest BCUT2D eigenvalue weighted by Crippen LogP contribution is 2.37. The zero-order valence-corrected chi connectivity index (χ0v) is 29.5. The molecular weight excluding hydrogens is 696 g/mol. The third-order valence-electron chi connectivity index (χ3n) is 10.1. The van der Waals surface area contributed by atoms with Gasteiger partial charge >= 0.3 is 18.3 Å². The second-order valence-corrected chi connectivity index (χ2v) is 13.9. The van der Waals surface area contributed by atoms with E-state index in [0.717, 1.165) is 22.3 Å². The van der Waals surface area contributed by atoms with Crippen molar-refractivity contribution in [2.75, 3.05) is 32.7 Å². The number of piperazine rings is 1. The number of halogens is 6. The number of alkyl halides is 6. The Balaban J connectivity index is 1.20. The van der Waals surface area contributed by atoms with E-state index in [9.17, 15) is 35.9 Å². The molecule has 0 aromatic heterocycles. The molecule has 2 fully saturated rings. The van der Waals surface area contributed by atoms with Crippen LogP contribution in [0.2, 0.25) is 0 Å². The summed E-state index contributed by atoms with van der Waals surface area (Å²) >= 11 is 0. The van der Waals surface area contributed by atoms with Crippen LogP contribution in [0.3, 0.4) is 0 Å². The van der Waals surface area contributed by atoms with Crippen LogP contribution in [0.1, 0.15) is 62.6 Å². The van der Waals surface area contributed by atoms with Crippen LogP contribution < -0.4 is 4.74 Å². The Morgan fingerprint density at radius 1 is 0.736 bits per heavy atom. The molecule has 4 aromatic rings. The summed E-state index contributed by atoms with van der Waals surface area (Å²) < 4.78 is 88.0. The molecule has 2 saturated heterocycles. The first-order chi connectivity index (χ1) is 25.2. The first-order valence-electron chi connectivity index (χ1n) is 17.6. The standard InChI is InChI=1S/C41H41F6N3O3/c1-27-19-28(2)21-36(20-27)53-39(52)37(30-11-7-4-8-12-30)49-17-15-48(16-18-49)34-13-14-50(35(26-34)22-29-9-5-3-6-10-29)38(51)31-23-32(40(42,43)44)25-33(24-31)41(45,46)47/h3-12,19-21,23-25,34-35,37H,13-18,22,26H2,1-2H3/t34-,35-,37?/m1/s1. The molecule has 0 spiro atoms. The molecular formula is C41H41F6N3O3. The molecule has 6 nitrogen and oxygen atoms in total. The Morgan fingerprint density at radius 2 is 1.30 bits per heavy atom. The third kappa shape index (κ3) is 9.28. The molecule has 4 aromatic carbocycles. The Kier molecular flexibility index (Phi) is 11.3. The maximum absolute atomic E-state index is 13.9. The summed E-state index contributed by atoms with van der Waals surface area (Å²) in [5, 5.41) is 0. The van der Waals surface area contributed by atoms with Gasteiger partial charge in [-0.15, -0.1) is 0 Å². The number of aryl methyl sites for hydroxylation is 2. The highest BCUT2D eigenvalue weighted by molar-refractivity contribution is 5.95. The highest BCUT2D eigenvalue weighted by atomic mass is 19.4. The van der Waals surface area contributed by atoms with E-state index in [4.69, 9.17) is 4.74 Å². The lowest BCUT2D eigenvalue weighted by Gasteiger charge is -2.47. The lowest BCUT2D eigenvalue weighted by molar-refractivity contribution is -0.143. The van der Waals surface area contributed by atoms with Gasteiger partial charge in [0.15, 0.2) is 0 Å². The van der Waals surface area contributed by atoms with Gasteiger partial charge in [0, 0.05) is 50.4 Å². The van der Waals surface area contributed by atoms with Gasteiger partial charge in [0.05, 0.1) is 11.1 Å². The van der Waals surface area contributed by atoms with Gasteiger partial charge in [-0.2, -0.15) is 26.3 Å². The average Bonchev–Trinajstić information content (AvgIpc) is 3.11. The first kappa shape index (κ1) is 38.1. The molecule has 0 aliphatic carbocycles. The maximum Gasteiger partial charge on any atom is 0.416 e. The molecule has 0 bridgehead atoms. The van der Waals surface area contributed by atoms with Gasteiger partial charge in [0.1, 0.15) is 11.8 Å². The zero-order chi connectivity index (χ0) is 37.9. The van der Waals surface area contributed by atoms with Gasteiger partial charge in [-0.3, -0.25) is 14.6 Å². The van der Waals surface area contributed by atoms with E-state index in [0.29, 0.717) is 63.3 Å². The second kappa shape index (κ2) is 15.7. The van der Waals surface area contributed by atoms with Gasteiger partial charge in [-0.1, -0.05) is 66.7 Å². The number of ether oxygens (including phenoxy) is 1. The summed E-state index contributed by atoms with van der Waals surface area (Å²) in [6, 6.07) is 24.4. The number of likely N-dealkylation sites (tertiary alicyclic amines) is 1. The van der Waals surface area contributed by atoms with Crippen LogP contribution in [0, 0.1) is 13.8 Å². The van der Waals surface area contributed by atoms with Crippen molar-refractivity contribution in [1.82, 2.24) is 14.7 Å².